The van der Waals surface area contributed by atoms with Crippen molar-refractivity contribution in [3.63, 3.8) is 0 Å². The maximum Gasteiger partial charge on any atom is 0.244 e. The van der Waals surface area contributed by atoms with E-state index < -0.39 is 16.1 Å². The number of benzene rings is 1. The summed E-state index contributed by atoms with van der Waals surface area (Å²) in [5, 5.41) is 3.90. The minimum absolute atomic E-state index is 0.130. The third-order valence-electron chi connectivity index (χ3n) is 3.75. The van der Waals surface area contributed by atoms with Gasteiger partial charge in [-0.05, 0) is 44.9 Å². The zero-order valence-corrected chi connectivity index (χ0v) is 14.8. The number of nitrogens with zero attached hydrogens (tertiary/aromatic N) is 1. The zero-order valence-electron chi connectivity index (χ0n) is 14.0. The molecule has 0 aliphatic heterocycles. The van der Waals surface area contributed by atoms with Gasteiger partial charge in [0, 0.05) is 5.56 Å². The quantitative estimate of drug-likeness (QED) is 0.875. The van der Waals surface area contributed by atoms with E-state index >= 15 is 0 Å². The fourth-order valence-corrected chi connectivity index (χ4v) is 4.12. The number of rotatable bonds is 6. The van der Waals surface area contributed by atoms with Crippen molar-refractivity contribution in [2.45, 2.75) is 45.1 Å². The van der Waals surface area contributed by atoms with Crippen LogP contribution in [0.3, 0.4) is 0 Å². The van der Waals surface area contributed by atoms with E-state index in [-0.39, 0.29) is 4.90 Å². The summed E-state index contributed by atoms with van der Waals surface area (Å²) in [4.78, 5) is 0.130. The molecule has 0 saturated heterocycles. The normalized spacial score (nSPS) is 13.1. The van der Waals surface area contributed by atoms with Gasteiger partial charge in [-0.3, -0.25) is 0 Å². The number of aromatic nitrogens is 1. The average Bonchev–Trinajstić information content (AvgIpc) is 2.84. The van der Waals surface area contributed by atoms with E-state index in [9.17, 15) is 8.42 Å². The van der Waals surface area contributed by atoms with Crippen molar-refractivity contribution in [1.29, 1.82) is 0 Å². The Labute approximate surface area is 136 Å². The molecule has 0 amide bonds. The maximum atomic E-state index is 12.8. The molecule has 2 aromatic rings. The third-order valence-corrected chi connectivity index (χ3v) is 5.24. The Bertz CT molecular complexity index is 777. The van der Waals surface area contributed by atoms with Crippen LogP contribution in [-0.4, -0.2) is 20.7 Å². The van der Waals surface area contributed by atoms with Gasteiger partial charge in [0.05, 0.1) is 18.8 Å². The predicted molar refractivity (Wildman–Crippen MR) is 87.1 cm³/mol. The van der Waals surface area contributed by atoms with Gasteiger partial charge in [-0.15, -0.1) is 0 Å². The van der Waals surface area contributed by atoms with E-state index in [1.807, 2.05) is 19.9 Å². The summed E-state index contributed by atoms with van der Waals surface area (Å²) < 4.78 is 38.7. The van der Waals surface area contributed by atoms with Gasteiger partial charge in [-0.2, -0.15) is 0 Å². The molecular formula is C16H22N2O4S. The van der Waals surface area contributed by atoms with Gasteiger partial charge in [0.15, 0.2) is 0 Å². The summed E-state index contributed by atoms with van der Waals surface area (Å²) in [6, 6.07) is 4.65. The number of hydrogen-bond acceptors (Lipinski definition) is 5. The standard InChI is InChI=1S/C16H22N2O4S/c1-6-13(16-11(3)17-22-12(16)4)18-23(19,20)15-9-10(2)7-8-14(15)21-5/h7-9,13,18H,6H2,1-5H3. The van der Waals surface area contributed by atoms with Gasteiger partial charge in [0.25, 0.3) is 0 Å². The van der Waals surface area contributed by atoms with E-state index in [0.29, 0.717) is 23.6 Å². The molecule has 1 unspecified atom stereocenters. The van der Waals surface area contributed by atoms with Crippen LogP contribution in [0.25, 0.3) is 0 Å². The molecule has 0 aliphatic rings. The van der Waals surface area contributed by atoms with Crippen LogP contribution in [0.4, 0.5) is 0 Å². The Balaban J connectivity index is 2.43. The second-order valence-electron chi connectivity index (χ2n) is 5.47. The molecule has 1 heterocycles. The highest BCUT2D eigenvalue weighted by Gasteiger charge is 2.27. The summed E-state index contributed by atoms with van der Waals surface area (Å²) in [5.41, 5.74) is 2.31. The smallest absolute Gasteiger partial charge is 0.244 e. The fraction of sp³-hybridized carbons (Fsp3) is 0.438. The summed E-state index contributed by atoms with van der Waals surface area (Å²) in [7, 11) is -2.29. The van der Waals surface area contributed by atoms with Crippen LogP contribution in [0.15, 0.2) is 27.6 Å². The Hall–Kier alpha value is -1.86. The fourth-order valence-electron chi connectivity index (χ4n) is 2.58. The van der Waals surface area contributed by atoms with Crippen LogP contribution < -0.4 is 9.46 Å². The first kappa shape index (κ1) is 17.5. The van der Waals surface area contributed by atoms with Crippen LogP contribution in [0.5, 0.6) is 5.75 Å². The summed E-state index contributed by atoms with van der Waals surface area (Å²) >= 11 is 0. The number of aryl methyl sites for hydroxylation is 3. The third kappa shape index (κ3) is 3.56. The highest BCUT2D eigenvalue weighted by atomic mass is 32.2. The monoisotopic (exact) mass is 338 g/mol. The summed E-state index contributed by atoms with van der Waals surface area (Å²) in [6.07, 6.45) is 0.580. The van der Waals surface area contributed by atoms with Gasteiger partial charge < -0.3 is 9.26 Å². The van der Waals surface area contributed by atoms with Crippen LogP contribution >= 0.6 is 0 Å². The van der Waals surface area contributed by atoms with E-state index in [1.165, 1.54) is 7.11 Å². The second kappa shape index (κ2) is 6.72. The second-order valence-corrected chi connectivity index (χ2v) is 7.16. The van der Waals surface area contributed by atoms with Crippen molar-refractivity contribution in [1.82, 2.24) is 9.88 Å². The van der Waals surface area contributed by atoms with E-state index in [1.54, 1.807) is 26.0 Å². The van der Waals surface area contributed by atoms with Crippen molar-refractivity contribution in [3.05, 3.63) is 40.8 Å². The molecule has 6 nitrogen and oxygen atoms in total. The van der Waals surface area contributed by atoms with Crippen LogP contribution in [0.1, 0.15) is 42.0 Å². The van der Waals surface area contributed by atoms with E-state index in [2.05, 4.69) is 9.88 Å². The number of ether oxygens (including phenoxy) is 1. The predicted octanol–water partition coefficient (Wildman–Crippen LogP) is 3.04. The minimum atomic E-state index is -3.74. The van der Waals surface area contributed by atoms with Crippen LogP contribution in [0.2, 0.25) is 0 Å². The molecule has 0 aliphatic carbocycles. The van der Waals surface area contributed by atoms with Crippen molar-refractivity contribution in [2.75, 3.05) is 7.11 Å². The van der Waals surface area contributed by atoms with Gasteiger partial charge in [0.2, 0.25) is 10.0 Å². The molecule has 0 radical (unpaired) electrons. The van der Waals surface area contributed by atoms with Gasteiger partial charge in [-0.1, -0.05) is 18.1 Å². The Morgan fingerprint density at radius 3 is 2.52 bits per heavy atom. The number of methoxy groups -OCH3 is 1. The highest BCUT2D eigenvalue weighted by Crippen LogP contribution is 2.29. The first-order valence-electron chi connectivity index (χ1n) is 7.39. The SMILES string of the molecule is CCC(NS(=O)(=O)c1cc(C)ccc1OC)c1c(C)noc1C. The Kier molecular flexibility index (Phi) is 5.11. The molecular weight excluding hydrogens is 316 g/mol. The molecule has 1 aromatic carbocycles. The van der Waals surface area contributed by atoms with Crippen molar-refractivity contribution in [2.24, 2.45) is 0 Å². The van der Waals surface area contributed by atoms with Crippen molar-refractivity contribution in [3.8, 4) is 5.75 Å². The largest absolute Gasteiger partial charge is 0.495 e. The van der Waals surface area contributed by atoms with Gasteiger partial charge >= 0.3 is 0 Å². The number of nitrogens with one attached hydrogen (secondary N) is 1. The molecule has 1 atom stereocenters. The van der Waals surface area contributed by atoms with Gasteiger partial charge in [0.1, 0.15) is 16.4 Å². The van der Waals surface area contributed by atoms with E-state index in [4.69, 9.17) is 9.26 Å². The molecule has 1 aromatic heterocycles. The maximum absolute atomic E-state index is 12.8. The first-order valence-corrected chi connectivity index (χ1v) is 8.88. The lowest BCUT2D eigenvalue weighted by Gasteiger charge is -2.18. The molecule has 126 valence electrons. The van der Waals surface area contributed by atoms with Crippen LogP contribution in [0, 0.1) is 20.8 Å². The molecule has 1 N–H and O–H groups in total. The lowest BCUT2D eigenvalue weighted by Crippen LogP contribution is -2.29. The molecule has 23 heavy (non-hydrogen) atoms. The molecule has 7 heteroatoms. The highest BCUT2D eigenvalue weighted by molar-refractivity contribution is 7.89. The molecule has 0 bridgehead atoms. The minimum Gasteiger partial charge on any atom is -0.495 e. The molecule has 0 spiro atoms. The molecule has 0 fully saturated rings. The molecule has 0 saturated carbocycles. The molecule has 2 rings (SSSR count). The van der Waals surface area contributed by atoms with Crippen molar-refractivity contribution >= 4 is 10.0 Å². The average molecular weight is 338 g/mol. The lowest BCUT2D eigenvalue weighted by atomic mass is 10.0. The van der Waals surface area contributed by atoms with Crippen LogP contribution in [-0.2, 0) is 10.0 Å². The topological polar surface area (TPSA) is 81.4 Å². The first-order chi connectivity index (χ1) is 10.8. The summed E-state index contributed by atoms with van der Waals surface area (Å²) in [5.74, 6) is 0.935. The summed E-state index contributed by atoms with van der Waals surface area (Å²) in [6.45, 7) is 7.33. The number of sulfonamides is 1. The lowest BCUT2D eigenvalue weighted by molar-refractivity contribution is 0.390. The zero-order chi connectivity index (χ0) is 17.2. The van der Waals surface area contributed by atoms with Gasteiger partial charge in [-0.25, -0.2) is 13.1 Å². The van der Waals surface area contributed by atoms with Crippen molar-refractivity contribution < 1.29 is 17.7 Å². The number of hydrogen-bond donors (Lipinski definition) is 1. The Morgan fingerprint density at radius 2 is 2.00 bits per heavy atom. The Morgan fingerprint density at radius 1 is 1.30 bits per heavy atom. The van der Waals surface area contributed by atoms with E-state index in [0.717, 1.165) is 11.1 Å².